The molecule has 1 N–H and O–H groups in total. The summed E-state index contributed by atoms with van der Waals surface area (Å²) < 4.78 is 0. The van der Waals surface area contributed by atoms with Crippen LogP contribution in [0.4, 0.5) is 0 Å². The fraction of sp³-hybridized carbons (Fsp3) is 0.471. The highest BCUT2D eigenvalue weighted by Gasteiger charge is 2.04. The number of benzene rings is 1. The third-order valence-electron chi connectivity index (χ3n) is 3.40. The molecular weight excluding hydrogens is 232 g/mol. The van der Waals surface area contributed by atoms with E-state index in [4.69, 9.17) is 0 Å². The fourth-order valence-electron chi connectivity index (χ4n) is 2.40. The number of nitrogens with one attached hydrogen (secondary N) is 1. The van der Waals surface area contributed by atoms with Gasteiger partial charge in [-0.05, 0) is 62.5 Å². The molecule has 19 heavy (non-hydrogen) atoms. The van der Waals surface area contributed by atoms with Crippen molar-refractivity contribution in [1.29, 1.82) is 0 Å². The number of nitrogens with zero attached hydrogens (tertiary/aromatic N) is 1. The molecule has 2 rings (SSSR count). The van der Waals surface area contributed by atoms with E-state index in [1.807, 2.05) is 6.92 Å². The predicted octanol–water partition coefficient (Wildman–Crippen LogP) is 3.72. The molecule has 2 heteroatoms. The first-order chi connectivity index (χ1) is 9.19. The Labute approximate surface area is 116 Å². The summed E-state index contributed by atoms with van der Waals surface area (Å²) in [4.78, 5) is 4.54. The molecule has 2 aromatic rings. The van der Waals surface area contributed by atoms with Gasteiger partial charge in [0.1, 0.15) is 0 Å². The molecule has 1 unspecified atom stereocenters. The number of hydrogen-bond acceptors (Lipinski definition) is 2. The minimum Gasteiger partial charge on any atom is -0.316 e. The van der Waals surface area contributed by atoms with E-state index in [1.54, 1.807) is 0 Å². The van der Waals surface area contributed by atoms with Crippen LogP contribution in [0.3, 0.4) is 0 Å². The lowest BCUT2D eigenvalue weighted by molar-refractivity contribution is 0.511. The molecule has 0 aliphatic carbocycles. The summed E-state index contributed by atoms with van der Waals surface area (Å²) >= 11 is 0. The first kappa shape index (κ1) is 14.0. The molecule has 0 spiro atoms. The molecule has 1 aromatic carbocycles. The maximum atomic E-state index is 4.54. The number of rotatable bonds is 6. The average molecular weight is 256 g/mol. The standard InChI is InChI=1S/C17H24N2/c1-4-9-18-12-13(2)10-15-6-8-17-16(11-15)7-5-14(3)19-17/h5-8,11,13,18H,4,9-10,12H2,1-3H3. The minimum absolute atomic E-state index is 0.669. The van der Waals surface area contributed by atoms with Crippen molar-refractivity contribution >= 4 is 10.9 Å². The Kier molecular flexibility index (Phi) is 4.92. The summed E-state index contributed by atoms with van der Waals surface area (Å²) in [5.41, 5.74) is 3.59. The molecule has 1 heterocycles. The topological polar surface area (TPSA) is 24.9 Å². The van der Waals surface area contributed by atoms with Crippen molar-refractivity contribution in [2.24, 2.45) is 5.92 Å². The zero-order chi connectivity index (χ0) is 13.7. The molecule has 0 aliphatic heterocycles. The van der Waals surface area contributed by atoms with E-state index in [-0.39, 0.29) is 0 Å². The maximum absolute atomic E-state index is 4.54. The van der Waals surface area contributed by atoms with Crippen molar-refractivity contribution in [3.05, 3.63) is 41.6 Å². The lowest BCUT2D eigenvalue weighted by Crippen LogP contribution is -2.23. The summed E-state index contributed by atoms with van der Waals surface area (Å²) in [5.74, 6) is 0.669. The van der Waals surface area contributed by atoms with Crippen molar-refractivity contribution in [2.75, 3.05) is 13.1 Å². The van der Waals surface area contributed by atoms with Gasteiger partial charge in [0.25, 0.3) is 0 Å². The molecular formula is C17H24N2. The van der Waals surface area contributed by atoms with E-state index >= 15 is 0 Å². The van der Waals surface area contributed by atoms with Crippen LogP contribution in [0, 0.1) is 12.8 Å². The van der Waals surface area contributed by atoms with Crippen LogP contribution in [0.2, 0.25) is 0 Å². The Balaban J connectivity index is 2.02. The van der Waals surface area contributed by atoms with Crippen molar-refractivity contribution in [3.63, 3.8) is 0 Å². The summed E-state index contributed by atoms with van der Waals surface area (Å²) in [6, 6.07) is 10.9. The van der Waals surface area contributed by atoms with Crippen molar-refractivity contribution in [2.45, 2.75) is 33.6 Å². The van der Waals surface area contributed by atoms with E-state index < -0.39 is 0 Å². The highest BCUT2D eigenvalue weighted by Crippen LogP contribution is 2.17. The quantitative estimate of drug-likeness (QED) is 0.797. The van der Waals surface area contributed by atoms with Gasteiger partial charge < -0.3 is 5.32 Å². The van der Waals surface area contributed by atoms with Gasteiger partial charge in [0, 0.05) is 11.1 Å². The molecule has 1 aromatic heterocycles. The second-order valence-electron chi connectivity index (χ2n) is 5.49. The van der Waals surface area contributed by atoms with E-state index in [0.29, 0.717) is 5.92 Å². The van der Waals surface area contributed by atoms with Crippen LogP contribution in [0.5, 0.6) is 0 Å². The van der Waals surface area contributed by atoms with Gasteiger partial charge in [-0.2, -0.15) is 0 Å². The molecule has 1 atom stereocenters. The number of pyridine rings is 1. The van der Waals surface area contributed by atoms with Gasteiger partial charge >= 0.3 is 0 Å². The van der Waals surface area contributed by atoms with Crippen LogP contribution in [0.15, 0.2) is 30.3 Å². The second-order valence-corrected chi connectivity index (χ2v) is 5.49. The third kappa shape index (κ3) is 4.03. The molecule has 0 amide bonds. The molecule has 0 fully saturated rings. The van der Waals surface area contributed by atoms with E-state index in [9.17, 15) is 0 Å². The number of hydrogen-bond donors (Lipinski definition) is 1. The highest BCUT2D eigenvalue weighted by molar-refractivity contribution is 5.79. The molecule has 0 bridgehead atoms. The maximum Gasteiger partial charge on any atom is 0.0705 e. The minimum atomic E-state index is 0.669. The first-order valence-electron chi connectivity index (χ1n) is 7.26. The SMILES string of the molecule is CCCNCC(C)Cc1ccc2nc(C)ccc2c1. The summed E-state index contributed by atoms with van der Waals surface area (Å²) in [5, 5.41) is 4.73. The van der Waals surface area contributed by atoms with Gasteiger partial charge in [0.2, 0.25) is 0 Å². The van der Waals surface area contributed by atoms with Crippen LogP contribution in [0.25, 0.3) is 10.9 Å². The van der Waals surface area contributed by atoms with Gasteiger partial charge in [-0.3, -0.25) is 4.98 Å². The molecule has 2 nitrogen and oxygen atoms in total. The van der Waals surface area contributed by atoms with Crippen LogP contribution >= 0.6 is 0 Å². The summed E-state index contributed by atoms with van der Waals surface area (Å²) in [7, 11) is 0. The van der Waals surface area contributed by atoms with Gasteiger partial charge in [-0.25, -0.2) is 0 Å². The largest absolute Gasteiger partial charge is 0.316 e. The Hall–Kier alpha value is -1.41. The van der Waals surface area contributed by atoms with Crippen LogP contribution in [-0.4, -0.2) is 18.1 Å². The van der Waals surface area contributed by atoms with Gasteiger partial charge in [0.15, 0.2) is 0 Å². The summed E-state index contributed by atoms with van der Waals surface area (Å²) in [6.07, 6.45) is 2.33. The molecule has 102 valence electrons. The molecule has 0 radical (unpaired) electrons. The fourth-order valence-corrected chi connectivity index (χ4v) is 2.40. The van der Waals surface area contributed by atoms with Crippen molar-refractivity contribution < 1.29 is 0 Å². The zero-order valence-electron chi connectivity index (χ0n) is 12.2. The number of aromatic nitrogens is 1. The number of fused-ring (bicyclic) bond motifs is 1. The Morgan fingerprint density at radius 1 is 1.21 bits per heavy atom. The van der Waals surface area contributed by atoms with Gasteiger partial charge in [-0.15, -0.1) is 0 Å². The first-order valence-corrected chi connectivity index (χ1v) is 7.26. The Morgan fingerprint density at radius 2 is 2.05 bits per heavy atom. The van der Waals surface area contributed by atoms with Gasteiger partial charge in [-0.1, -0.05) is 26.0 Å². The third-order valence-corrected chi connectivity index (χ3v) is 3.40. The van der Waals surface area contributed by atoms with Crippen molar-refractivity contribution in [3.8, 4) is 0 Å². The lowest BCUT2D eigenvalue weighted by atomic mass is 9.99. The highest BCUT2D eigenvalue weighted by atomic mass is 14.8. The number of aryl methyl sites for hydroxylation is 1. The molecule has 0 aliphatic rings. The predicted molar refractivity (Wildman–Crippen MR) is 82.5 cm³/mol. The second kappa shape index (κ2) is 6.67. The van der Waals surface area contributed by atoms with E-state index in [0.717, 1.165) is 30.7 Å². The monoisotopic (exact) mass is 256 g/mol. The van der Waals surface area contributed by atoms with Gasteiger partial charge in [0.05, 0.1) is 5.52 Å². The Bertz CT molecular complexity index is 534. The van der Waals surface area contributed by atoms with E-state index in [1.165, 1.54) is 17.4 Å². The smallest absolute Gasteiger partial charge is 0.0705 e. The summed E-state index contributed by atoms with van der Waals surface area (Å²) in [6.45, 7) is 8.76. The molecule has 0 saturated heterocycles. The zero-order valence-corrected chi connectivity index (χ0v) is 12.2. The van der Waals surface area contributed by atoms with Crippen molar-refractivity contribution in [1.82, 2.24) is 10.3 Å². The Morgan fingerprint density at radius 3 is 2.84 bits per heavy atom. The molecule has 0 saturated carbocycles. The van der Waals surface area contributed by atoms with Crippen LogP contribution in [0.1, 0.15) is 31.5 Å². The van der Waals surface area contributed by atoms with Crippen LogP contribution < -0.4 is 5.32 Å². The average Bonchev–Trinajstić information content (AvgIpc) is 2.39. The normalized spacial score (nSPS) is 12.8. The lowest BCUT2D eigenvalue weighted by Gasteiger charge is -2.12. The van der Waals surface area contributed by atoms with E-state index in [2.05, 4.69) is 54.5 Å². The van der Waals surface area contributed by atoms with Crippen LogP contribution in [-0.2, 0) is 6.42 Å².